The lowest BCUT2D eigenvalue weighted by Crippen LogP contribution is -2.26. The van der Waals surface area contributed by atoms with Crippen LogP contribution in [0.1, 0.15) is 26.3 Å². The Labute approximate surface area is 167 Å². The van der Waals surface area contributed by atoms with Gasteiger partial charge in [0.05, 0.1) is 11.1 Å². The number of nitrogens with one attached hydrogen (secondary N) is 1. The molecule has 7 heteroatoms. The van der Waals surface area contributed by atoms with Gasteiger partial charge in [-0.05, 0) is 23.8 Å². The van der Waals surface area contributed by atoms with E-state index in [0.29, 0.717) is 34.9 Å². The first-order chi connectivity index (χ1) is 14.1. The van der Waals surface area contributed by atoms with Gasteiger partial charge in [-0.25, -0.2) is 0 Å². The van der Waals surface area contributed by atoms with E-state index in [1.165, 1.54) is 12.4 Å². The zero-order valence-corrected chi connectivity index (χ0v) is 15.8. The van der Waals surface area contributed by atoms with E-state index in [0.717, 1.165) is 5.56 Å². The van der Waals surface area contributed by atoms with Crippen molar-refractivity contribution in [1.82, 2.24) is 9.88 Å². The number of carbonyl (C=O) groups excluding carboxylic acids is 2. The van der Waals surface area contributed by atoms with Crippen LogP contribution in [-0.2, 0) is 6.54 Å². The molecule has 146 valence electrons. The molecule has 29 heavy (non-hydrogen) atoms. The Hall–Kier alpha value is -3.87. The van der Waals surface area contributed by atoms with E-state index in [-0.39, 0.29) is 18.6 Å². The van der Waals surface area contributed by atoms with E-state index in [1.54, 1.807) is 36.2 Å². The number of aromatic nitrogens is 1. The molecule has 4 rings (SSSR count). The number of ether oxygens (including phenoxy) is 2. The summed E-state index contributed by atoms with van der Waals surface area (Å²) in [5, 5.41) is 2.78. The van der Waals surface area contributed by atoms with Crippen molar-refractivity contribution in [3.63, 3.8) is 0 Å². The normalized spacial score (nSPS) is 11.8. The van der Waals surface area contributed by atoms with E-state index in [9.17, 15) is 9.59 Å². The molecule has 0 saturated carbocycles. The van der Waals surface area contributed by atoms with Crippen molar-refractivity contribution >= 4 is 17.5 Å². The molecule has 3 aromatic rings. The fourth-order valence-electron chi connectivity index (χ4n) is 3.01. The van der Waals surface area contributed by atoms with Crippen molar-refractivity contribution in [2.45, 2.75) is 6.54 Å². The van der Waals surface area contributed by atoms with Crippen molar-refractivity contribution in [2.24, 2.45) is 0 Å². The minimum Gasteiger partial charge on any atom is -0.454 e. The lowest BCUT2D eigenvalue weighted by molar-refractivity contribution is 0.0784. The van der Waals surface area contributed by atoms with Crippen molar-refractivity contribution in [2.75, 3.05) is 19.2 Å². The average Bonchev–Trinajstić information content (AvgIpc) is 3.22. The number of benzene rings is 2. The van der Waals surface area contributed by atoms with Crippen LogP contribution in [-0.4, -0.2) is 35.5 Å². The number of nitrogens with zero attached hydrogens (tertiary/aromatic N) is 2. The molecule has 0 aliphatic carbocycles. The largest absolute Gasteiger partial charge is 0.454 e. The second-order valence-corrected chi connectivity index (χ2v) is 6.63. The zero-order valence-electron chi connectivity index (χ0n) is 15.8. The standard InChI is InChI=1S/C22H19N3O4/c1-25(13-15-5-3-2-4-6-15)22(27)17-9-16(11-23-12-17)21(26)24-18-7-8-19-20(10-18)29-14-28-19/h2-12H,13-14H2,1H3,(H,24,26). The molecule has 1 aliphatic heterocycles. The number of carbonyl (C=O) groups is 2. The maximum atomic E-state index is 12.7. The van der Waals surface area contributed by atoms with Crippen molar-refractivity contribution < 1.29 is 19.1 Å². The quantitative estimate of drug-likeness (QED) is 0.724. The fourth-order valence-corrected chi connectivity index (χ4v) is 3.01. The Kier molecular flexibility index (Phi) is 5.11. The highest BCUT2D eigenvalue weighted by molar-refractivity contribution is 6.06. The number of hydrogen-bond donors (Lipinski definition) is 1. The molecule has 7 nitrogen and oxygen atoms in total. The van der Waals surface area contributed by atoms with Crippen LogP contribution in [0.5, 0.6) is 11.5 Å². The molecular formula is C22H19N3O4. The summed E-state index contributed by atoms with van der Waals surface area (Å²) in [5.74, 6) is 0.641. The maximum absolute atomic E-state index is 12.7. The van der Waals surface area contributed by atoms with Gasteiger partial charge in [0.15, 0.2) is 11.5 Å². The van der Waals surface area contributed by atoms with Gasteiger partial charge in [0.2, 0.25) is 6.79 Å². The number of hydrogen-bond acceptors (Lipinski definition) is 5. The Morgan fingerprint density at radius 3 is 2.59 bits per heavy atom. The Morgan fingerprint density at radius 2 is 1.76 bits per heavy atom. The highest BCUT2D eigenvalue weighted by Crippen LogP contribution is 2.34. The van der Waals surface area contributed by atoms with E-state index < -0.39 is 0 Å². The maximum Gasteiger partial charge on any atom is 0.257 e. The topological polar surface area (TPSA) is 80.8 Å². The molecule has 0 fully saturated rings. The average molecular weight is 389 g/mol. The van der Waals surface area contributed by atoms with E-state index in [4.69, 9.17) is 9.47 Å². The lowest BCUT2D eigenvalue weighted by atomic mass is 10.1. The summed E-state index contributed by atoms with van der Waals surface area (Å²) < 4.78 is 10.6. The fraction of sp³-hybridized carbons (Fsp3) is 0.136. The Bertz CT molecular complexity index is 1050. The van der Waals surface area contributed by atoms with Gasteiger partial charge in [0.1, 0.15) is 0 Å². The van der Waals surface area contributed by atoms with E-state index in [1.807, 2.05) is 30.3 Å². The van der Waals surface area contributed by atoms with Crippen LogP contribution >= 0.6 is 0 Å². The molecule has 0 spiro atoms. The van der Waals surface area contributed by atoms with Crippen LogP contribution in [0.3, 0.4) is 0 Å². The van der Waals surface area contributed by atoms with Crippen molar-refractivity contribution in [3.8, 4) is 11.5 Å². The van der Waals surface area contributed by atoms with Crippen LogP contribution in [0.15, 0.2) is 67.0 Å². The predicted molar refractivity (Wildman–Crippen MR) is 107 cm³/mol. The van der Waals surface area contributed by atoms with Crippen molar-refractivity contribution in [3.05, 3.63) is 83.7 Å². The molecule has 1 aromatic heterocycles. The van der Waals surface area contributed by atoms with Crippen LogP contribution < -0.4 is 14.8 Å². The third-order valence-electron chi connectivity index (χ3n) is 4.49. The van der Waals surface area contributed by atoms with Gasteiger partial charge in [-0.2, -0.15) is 0 Å². The summed E-state index contributed by atoms with van der Waals surface area (Å²) in [7, 11) is 1.72. The van der Waals surface area contributed by atoms with Gasteiger partial charge < -0.3 is 19.7 Å². The molecule has 1 N–H and O–H groups in total. The monoisotopic (exact) mass is 389 g/mol. The summed E-state index contributed by atoms with van der Waals surface area (Å²) in [6, 6.07) is 16.4. The molecule has 0 bridgehead atoms. The SMILES string of the molecule is CN(Cc1ccccc1)C(=O)c1cncc(C(=O)Nc2ccc3c(c2)OCO3)c1. The highest BCUT2D eigenvalue weighted by Gasteiger charge is 2.17. The Balaban J connectivity index is 1.46. The van der Waals surface area contributed by atoms with Gasteiger partial charge in [0, 0.05) is 37.7 Å². The van der Waals surface area contributed by atoms with E-state index in [2.05, 4.69) is 10.3 Å². The summed E-state index contributed by atoms with van der Waals surface area (Å²) >= 11 is 0. The number of anilines is 1. The Morgan fingerprint density at radius 1 is 1.00 bits per heavy atom. The van der Waals surface area contributed by atoms with Crippen LogP contribution in [0.25, 0.3) is 0 Å². The summed E-state index contributed by atoms with van der Waals surface area (Å²) in [6.45, 7) is 0.630. The van der Waals surface area contributed by atoms with Crippen molar-refractivity contribution in [1.29, 1.82) is 0 Å². The summed E-state index contributed by atoms with van der Waals surface area (Å²) in [6.07, 6.45) is 2.89. The zero-order chi connectivity index (χ0) is 20.2. The molecule has 2 heterocycles. The second kappa shape index (κ2) is 8.02. The molecule has 0 saturated heterocycles. The molecule has 0 radical (unpaired) electrons. The summed E-state index contributed by atoms with van der Waals surface area (Å²) in [4.78, 5) is 31.0. The number of amides is 2. The minimum atomic E-state index is -0.364. The second-order valence-electron chi connectivity index (χ2n) is 6.63. The molecule has 1 aliphatic rings. The molecule has 0 atom stereocenters. The molecule has 2 aromatic carbocycles. The van der Waals surface area contributed by atoms with Gasteiger partial charge in [-0.15, -0.1) is 0 Å². The first kappa shape index (κ1) is 18.5. The smallest absolute Gasteiger partial charge is 0.257 e. The number of rotatable bonds is 5. The minimum absolute atomic E-state index is 0.164. The first-order valence-corrected chi connectivity index (χ1v) is 9.05. The molecular weight excluding hydrogens is 370 g/mol. The molecule has 0 unspecified atom stereocenters. The van der Waals surface area contributed by atoms with Crippen LogP contribution in [0.4, 0.5) is 5.69 Å². The first-order valence-electron chi connectivity index (χ1n) is 9.05. The van der Waals surface area contributed by atoms with Gasteiger partial charge in [-0.1, -0.05) is 30.3 Å². The highest BCUT2D eigenvalue weighted by atomic mass is 16.7. The van der Waals surface area contributed by atoms with Gasteiger partial charge >= 0.3 is 0 Å². The van der Waals surface area contributed by atoms with E-state index >= 15 is 0 Å². The van der Waals surface area contributed by atoms with Crippen LogP contribution in [0.2, 0.25) is 0 Å². The number of pyridine rings is 1. The summed E-state index contributed by atoms with van der Waals surface area (Å²) in [5.41, 5.74) is 2.23. The predicted octanol–water partition coefficient (Wildman–Crippen LogP) is 3.33. The third-order valence-corrected chi connectivity index (χ3v) is 4.49. The van der Waals surface area contributed by atoms with Gasteiger partial charge in [0.25, 0.3) is 11.8 Å². The lowest BCUT2D eigenvalue weighted by Gasteiger charge is -2.17. The van der Waals surface area contributed by atoms with Gasteiger partial charge in [-0.3, -0.25) is 14.6 Å². The third kappa shape index (κ3) is 4.19. The number of fused-ring (bicyclic) bond motifs is 1. The molecule has 2 amide bonds. The van der Waals surface area contributed by atoms with Crippen LogP contribution in [0, 0.1) is 0 Å².